The molecule has 2 N–H and O–H groups in total. The van der Waals surface area contributed by atoms with Crippen molar-refractivity contribution in [1.82, 2.24) is 4.98 Å². The molecule has 0 bridgehead atoms. The second-order valence-electron chi connectivity index (χ2n) is 2.33. The van der Waals surface area contributed by atoms with Crippen LogP contribution in [-0.2, 0) is 5.33 Å². The molecule has 1 aromatic heterocycles. The number of alkyl halides is 3. The molecule has 0 radical (unpaired) electrons. The summed E-state index contributed by atoms with van der Waals surface area (Å²) >= 11 is 4.90. The van der Waals surface area contributed by atoms with Crippen molar-refractivity contribution in [3.05, 3.63) is 20.9 Å². The lowest BCUT2D eigenvalue weighted by Crippen LogP contribution is -2.03. The van der Waals surface area contributed by atoms with Gasteiger partial charge in [-0.3, -0.25) is 0 Å². The topological polar surface area (TPSA) is 38.9 Å². The van der Waals surface area contributed by atoms with E-state index in [2.05, 4.69) is 20.9 Å². The molecule has 72 valence electrons. The van der Waals surface area contributed by atoms with E-state index in [0.29, 0.717) is 14.5 Å². The van der Waals surface area contributed by atoms with Gasteiger partial charge in [-0.05, 0) is 28.2 Å². The summed E-state index contributed by atoms with van der Waals surface area (Å²) in [6.45, 7) is 0. The molecule has 0 aliphatic carbocycles. The van der Waals surface area contributed by atoms with E-state index >= 15 is 0 Å². The van der Waals surface area contributed by atoms with Gasteiger partial charge in [0.15, 0.2) is 0 Å². The molecular weight excluding hydrogens is 357 g/mol. The van der Waals surface area contributed by atoms with Gasteiger partial charge in [0.25, 0.3) is 6.43 Å². The highest BCUT2D eigenvalue weighted by atomic mass is 127. The molecule has 1 heterocycles. The second kappa shape index (κ2) is 4.50. The number of pyridine rings is 1. The number of hydrogen-bond acceptors (Lipinski definition) is 2. The predicted molar refractivity (Wildman–Crippen MR) is 59.0 cm³/mol. The minimum Gasteiger partial charge on any atom is -0.383 e. The van der Waals surface area contributed by atoms with Gasteiger partial charge < -0.3 is 5.73 Å². The quantitative estimate of drug-likeness (QED) is 0.648. The van der Waals surface area contributed by atoms with Crippen LogP contribution >= 0.6 is 38.5 Å². The van der Waals surface area contributed by atoms with Gasteiger partial charge in [-0.2, -0.15) is 0 Å². The van der Waals surface area contributed by atoms with Gasteiger partial charge in [0.1, 0.15) is 5.82 Å². The van der Waals surface area contributed by atoms with Crippen molar-refractivity contribution in [3.8, 4) is 0 Å². The van der Waals surface area contributed by atoms with Gasteiger partial charge in [0, 0.05) is 17.1 Å². The molecule has 0 fully saturated rings. The smallest absolute Gasteiger partial charge is 0.265 e. The van der Waals surface area contributed by atoms with E-state index < -0.39 is 6.43 Å². The highest BCUT2D eigenvalue weighted by molar-refractivity contribution is 14.1. The van der Waals surface area contributed by atoms with Gasteiger partial charge in [-0.15, -0.1) is 0 Å². The first-order chi connectivity index (χ1) is 6.07. The number of hydrogen-bond donors (Lipinski definition) is 1. The third-order valence-electron chi connectivity index (χ3n) is 1.53. The average molecular weight is 363 g/mol. The molecule has 0 amide bonds. The maximum atomic E-state index is 12.5. The lowest BCUT2D eigenvalue weighted by atomic mass is 10.1. The lowest BCUT2D eigenvalue weighted by Gasteiger charge is -2.09. The molecular formula is C7H6BrF2IN2. The van der Waals surface area contributed by atoms with Crippen LogP contribution in [0.15, 0.2) is 6.20 Å². The van der Waals surface area contributed by atoms with Gasteiger partial charge >= 0.3 is 0 Å². The highest BCUT2D eigenvalue weighted by Crippen LogP contribution is 2.31. The maximum Gasteiger partial charge on any atom is 0.265 e. The minimum absolute atomic E-state index is 0.0232. The number of anilines is 1. The minimum atomic E-state index is -2.51. The van der Waals surface area contributed by atoms with Gasteiger partial charge in [-0.1, -0.05) is 15.9 Å². The Labute approximate surface area is 96.2 Å². The van der Waals surface area contributed by atoms with Crippen LogP contribution in [0, 0.1) is 3.57 Å². The zero-order valence-corrected chi connectivity index (χ0v) is 10.1. The molecule has 0 unspecified atom stereocenters. The van der Waals surface area contributed by atoms with Crippen LogP contribution in [0.1, 0.15) is 17.6 Å². The van der Waals surface area contributed by atoms with E-state index in [-0.39, 0.29) is 11.4 Å². The third-order valence-corrected chi connectivity index (χ3v) is 3.27. The molecule has 13 heavy (non-hydrogen) atoms. The summed E-state index contributed by atoms with van der Waals surface area (Å²) in [7, 11) is 0. The largest absolute Gasteiger partial charge is 0.383 e. The van der Waals surface area contributed by atoms with Gasteiger partial charge in [0.2, 0.25) is 0 Å². The number of rotatable bonds is 2. The molecule has 0 atom stereocenters. The Hall–Kier alpha value is 0.0200. The fourth-order valence-electron chi connectivity index (χ4n) is 0.895. The van der Waals surface area contributed by atoms with E-state index in [1.54, 1.807) is 22.6 Å². The summed E-state index contributed by atoms with van der Waals surface area (Å²) in [5.41, 5.74) is 5.87. The average Bonchev–Trinajstić information content (AvgIpc) is 2.08. The number of nitrogens with zero attached hydrogens (tertiary/aromatic N) is 1. The Kier molecular flexibility index (Phi) is 3.84. The Balaban J connectivity index is 3.32. The summed E-state index contributed by atoms with van der Waals surface area (Å²) in [6, 6.07) is 0. The normalized spacial score (nSPS) is 10.8. The van der Waals surface area contributed by atoms with Crippen molar-refractivity contribution in [2.24, 2.45) is 0 Å². The van der Waals surface area contributed by atoms with Crippen LogP contribution < -0.4 is 5.73 Å². The molecule has 2 nitrogen and oxygen atoms in total. The SMILES string of the molecule is Nc1ncc(CBr)c(C(F)F)c1I. The Morgan fingerprint density at radius 1 is 1.62 bits per heavy atom. The molecule has 0 aromatic carbocycles. The van der Waals surface area contributed by atoms with Crippen LogP contribution in [0.4, 0.5) is 14.6 Å². The monoisotopic (exact) mass is 362 g/mol. The molecule has 0 spiro atoms. The van der Waals surface area contributed by atoms with Crippen LogP contribution in [-0.4, -0.2) is 4.98 Å². The van der Waals surface area contributed by atoms with E-state index in [4.69, 9.17) is 5.73 Å². The number of halogens is 4. The zero-order valence-electron chi connectivity index (χ0n) is 6.40. The van der Waals surface area contributed by atoms with Crippen molar-refractivity contribution >= 4 is 44.3 Å². The van der Waals surface area contributed by atoms with Crippen molar-refractivity contribution in [2.45, 2.75) is 11.8 Å². The molecule has 0 saturated carbocycles. The Bertz CT molecular complexity index is 320. The lowest BCUT2D eigenvalue weighted by molar-refractivity contribution is 0.149. The van der Waals surface area contributed by atoms with E-state index in [9.17, 15) is 8.78 Å². The zero-order chi connectivity index (χ0) is 10.0. The summed E-state index contributed by atoms with van der Waals surface area (Å²) in [5.74, 6) is 0.153. The fraction of sp³-hybridized carbons (Fsp3) is 0.286. The van der Waals surface area contributed by atoms with Crippen molar-refractivity contribution in [2.75, 3.05) is 5.73 Å². The molecule has 6 heteroatoms. The number of nitrogens with two attached hydrogens (primary N) is 1. The van der Waals surface area contributed by atoms with Crippen molar-refractivity contribution in [1.29, 1.82) is 0 Å². The predicted octanol–water partition coefficient (Wildman–Crippen LogP) is 3.10. The molecule has 0 saturated heterocycles. The van der Waals surface area contributed by atoms with Gasteiger partial charge in [0.05, 0.1) is 3.57 Å². The molecule has 0 aliphatic heterocycles. The summed E-state index contributed by atoms with van der Waals surface area (Å²) < 4.78 is 25.4. The molecule has 1 rings (SSSR count). The summed E-state index contributed by atoms with van der Waals surface area (Å²) in [5, 5.41) is 0.357. The fourth-order valence-corrected chi connectivity index (χ4v) is 2.06. The van der Waals surface area contributed by atoms with E-state index in [1.807, 2.05) is 0 Å². The van der Waals surface area contributed by atoms with Crippen LogP contribution in [0.3, 0.4) is 0 Å². The van der Waals surface area contributed by atoms with E-state index in [1.165, 1.54) is 6.20 Å². The Morgan fingerprint density at radius 3 is 2.69 bits per heavy atom. The molecule has 1 aromatic rings. The first-order valence-electron chi connectivity index (χ1n) is 3.34. The number of aromatic nitrogens is 1. The van der Waals surface area contributed by atoms with Crippen LogP contribution in [0.25, 0.3) is 0 Å². The van der Waals surface area contributed by atoms with Gasteiger partial charge in [-0.25, -0.2) is 13.8 Å². The highest BCUT2D eigenvalue weighted by Gasteiger charge is 2.18. The van der Waals surface area contributed by atoms with E-state index in [0.717, 1.165) is 0 Å². The van der Waals surface area contributed by atoms with Crippen LogP contribution in [0.5, 0.6) is 0 Å². The number of nitrogen functional groups attached to an aromatic ring is 1. The summed E-state index contributed by atoms with van der Waals surface area (Å²) in [6.07, 6.45) is -1.14. The molecule has 0 aliphatic rings. The van der Waals surface area contributed by atoms with Crippen molar-refractivity contribution in [3.63, 3.8) is 0 Å². The maximum absolute atomic E-state index is 12.5. The van der Waals surface area contributed by atoms with Crippen LogP contribution in [0.2, 0.25) is 0 Å². The standard InChI is InChI=1S/C7H6BrF2IN2/c8-1-3-2-13-7(12)5(11)4(3)6(9)10/h2,6H,1H2,(H2,12,13). The third kappa shape index (κ3) is 2.28. The first-order valence-corrected chi connectivity index (χ1v) is 5.54. The second-order valence-corrected chi connectivity index (χ2v) is 3.97. The Morgan fingerprint density at radius 2 is 2.23 bits per heavy atom. The van der Waals surface area contributed by atoms with Crippen molar-refractivity contribution < 1.29 is 8.78 Å². The first kappa shape index (κ1) is 11.1. The summed E-state index contributed by atoms with van der Waals surface area (Å²) in [4.78, 5) is 3.80.